The first-order valence-electron chi connectivity index (χ1n) is 7.11. The van der Waals surface area contributed by atoms with Crippen LogP contribution in [0.1, 0.15) is 35.8 Å². The van der Waals surface area contributed by atoms with Gasteiger partial charge in [-0.2, -0.15) is 0 Å². The first-order valence-corrected chi connectivity index (χ1v) is 7.11. The lowest BCUT2D eigenvalue weighted by Crippen LogP contribution is -2.26. The molecule has 0 bridgehead atoms. The zero-order chi connectivity index (χ0) is 15.2. The van der Waals surface area contributed by atoms with Gasteiger partial charge in [0, 0.05) is 11.9 Å². The average molecular weight is 284 g/mol. The topological polar surface area (TPSA) is 80.9 Å². The molecule has 0 saturated heterocycles. The summed E-state index contributed by atoms with van der Waals surface area (Å²) in [4.78, 5) is 12.0. The Morgan fingerprint density at radius 3 is 2.95 bits per heavy atom. The molecule has 0 aliphatic carbocycles. The zero-order valence-corrected chi connectivity index (χ0v) is 12.2. The molecular weight excluding hydrogens is 264 g/mol. The number of carbonyl (C=O) groups excluding carboxylic acids is 1. The molecule has 0 radical (unpaired) electrons. The first-order chi connectivity index (χ1) is 10.2. The van der Waals surface area contributed by atoms with Gasteiger partial charge in [-0.25, -0.2) is 0 Å². The lowest BCUT2D eigenvalue weighted by Gasteiger charge is -2.10. The summed E-state index contributed by atoms with van der Waals surface area (Å²) in [7, 11) is 0. The Morgan fingerprint density at radius 1 is 1.43 bits per heavy atom. The number of rotatable bonds is 6. The number of anilines is 1. The van der Waals surface area contributed by atoms with Gasteiger partial charge < -0.3 is 11.1 Å². The van der Waals surface area contributed by atoms with Crippen LogP contribution in [0.3, 0.4) is 0 Å². The number of nitrogen functional groups attached to an aromatic ring is 1. The molecule has 2 aromatic rings. The predicted octanol–water partition coefficient (Wildman–Crippen LogP) is 2.47. The van der Waals surface area contributed by atoms with Crippen molar-refractivity contribution < 1.29 is 4.79 Å². The van der Waals surface area contributed by atoms with Gasteiger partial charge in [0.15, 0.2) is 5.69 Å². The second-order valence-electron chi connectivity index (χ2n) is 4.86. The van der Waals surface area contributed by atoms with Crippen LogP contribution in [-0.4, -0.2) is 22.6 Å². The van der Waals surface area contributed by atoms with Gasteiger partial charge in [-0.15, -0.1) is 16.8 Å². The van der Waals surface area contributed by atoms with Crippen molar-refractivity contribution in [3.05, 3.63) is 42.1 Å². The molecule has 1 heterocycles. The summed E-state index contributed by atoms with van der Waals surface area (Å²) in [5.41, 5.74) is 8.50. The minimum absolute atomic E-state index is 0.192. The van der Waals surface area contributed by atoms with Gasteiger partial charge >= 0.3 is 0 Å². The predicted molar refractivity (Wildman–Crippen MR) is 85.1 cm³/mol. The molecule has 0 atom stereocenters. The summed E-state index contributed by atoms with van der Waals surface area (Å²) in [6.45, 7) is 6.31. The number of nitrogens with one attached hydrogen (secondary N) is 1. The summed E-state index contributed by atoms with van der Waals surface area (Å²) in [6, 6.07) is 5.79. The fraction of sp³-hybridized carbons (Fsp3) is 0.312. The van der Waals surface area contributed by atoms with Crippen LogP contribution in [0.15, 0.2) is 30.9 Å². The smallest absolute Gasteiger partial charge is 0.273 e. The summed E-state index contributed by atoms with van der Waals surface area (Å²) in [5.74, 6) is -0.278. The van der Waals surface area contributed by atoms with Crippen molar-refractivity contribution in [2.24, 2.45) is 0 Å². The zero-order valence-electron chi connectivity index (χ0n) is 12.2. The molecule has 0 saturated carbocycles. The Kier molecular flexibility index (Phi) is 4.87. The van der Waals surface area contributed by atoms with Crippen LogP contribution in [0.2, 0.25) is 0 Å². The van der Waals surface area contributed by atoms with Crippen LogP contribution in [0, 0.1) is 0 Å². The van der Waals surface area contributed by atoms with Crippen LogP contribution >= 0.6 is 0 Å². The van der Waals surface area contributed by atoms with E-state index in [4.69, 9.17) is 5.73 Å². The van der Waals surface area contributed by atoms with Crippen LogP contribution in [0.25, 0.3) is 10.9 Å². The molecule has 1 aromatic heterocycles. The molecule has 0 aliphatic heterocycles. The van der Waals surface area contributed by atoms with E-state index in [1.807, 2.05) is 31.2 Å². The molecule has 5 heteroatoms. The number of benzene rings is 1. The SMILES string of the molecule is C=CCCc1cccc2c(N)c(C(=O)NCCC)nnc12. The van der Waals surface area contributed by atoms with E-state index in [0.717, 1.165) is 35.7 Å². The number of aryl methyl sites for hydroxylation is 1. The van der Waals surface area contributed by atoms with E-state index in [0.29, 0.717) is 12.2 Å². The van der Waals surface area contributed by atoms with Gasteiger partial charge in [-0.05, 0) is 24.8 Å². The lowest BCUT2D eigenvalue weighted by atomic mass is 10.0. The Balaban J connectivity index is 2.43. The number of nitrogens with zero attached hydrogens (tertiary/aromatic N) is 2. The molecule has 5 nitrogen and oxygen atoms in total. The van der Waals surface area contributed by atoms with E-state index in [-0.39, 0.29) is 11.6 Å². The molecule has 0 unspecified atom stereocenters. The van der Waals surface area contributed by atoms with Crippen molar-refractivity contribution >= 4 is 22.5 Å². The third-order valence-electron chi connectivity index (χ3n) is 3.28. The van der Waals surface area contributed by atoms with E-state index >= 15 is 0 Å². The molecule has 21 heavy (non-hydrogen) atoms. The Morgan fingerprint density at radius 2 is 2.24 bits per heavy atom. The Hall–Kier alpha value is -2.43. The second kappa shape index (κ2) is 6.83. The fourth-order valence-electron chi connectivity index (χ4n) is 2.16. The number of nitrogens with two attached hydrogens (primary N) is 1. The van der Waals surface area contributed by atoms with Crippen LogP contribution in [-0.2, 0) is 6.42 Å². The minimum atomic E-state index is -0.278. The largest absolute Gasteiger partial charge is 0.396 e. The molecule has 3 N–H and O–H groups in total. The Bertz CT molecular complexity index is 667. The van der Waals surface area contributed by atoms with Crippen molar-refractivity contribution in [2.45, 2.75) is 26.2 Å². The molecule has 0 spiro atoms. The van der Waals surface area contributed by atoms with Gasteiger partial charge in [0.25, 0.3) is 5.91 Å². The van der Waals surface area contributed by atoms with Gasteiger partial charge in [-0.1, -0.05) is 31.2 Å². The molecule has 0 fully saturated rings. The number of allylic oxidation sites excluding steroid dienone is 1. The number of fused-ring (bicyclic) bond motifs is 1. The van der Waals surface area contributed by atoms with E-state index in [2.05, 4.69) is 22.1 Å². The number of hydrogen-bond acceptors (Lipinski definition) is 4. The molecule has 1 aromatic carbocycles. The van der Waals surface area contributed by atoms with E-state index < -0.39 is 0 Å². The molecule has 1 amide bonds. The van der Waals surface area contributed by atoms with E-state index in [9.17, 15) is 4.79 Å². The summed E-state index contributed by atoms with van der Waals surface area (Å²) in [6.07, 6.45) is 4.41. The number of carbonyl (C=O) groups is 1. The summed E-state index contributed by atoms with van der Waals surface area (Å²) < 4.78 is 0. The van der Waals surface area contributed by atoms with E-state index in [1.165, 1.54) is 0 Å². The van der Waals surface area contributed by atoms with Crippen molar-refractivity contribution in [1.29, 1.82) is 0 Å². The van der Waals surface area contributed by atoms with Crippen LogP contribution in [0.5, 0.6) is 0 Å². The fourth-order valence-corrected chi connectivity index (χ4v) is 2.16. The summed E-state index contributed by atoms with van der Waals surface area (Å²) in [5, 5.41) is 11.8. The maximum absolute atomic E-state index is 12.0. The first kappa shape index (κ1) is 15.0. The van der Waals surface area contributed by atoms with Gasteiger partial charge in [-0.3, -0.25) is 4.79 Å². The minimum Gasteiger partial charge on any atom is -0.396 e. The quantitative estimate of drug-likeness (QED) is 0.798. The normalized spacial score (nSPS) is 10.5. The van der Waals surface area contributed by atoms with Gasteiger partial charge in [0.1, 0.15) is 0 Å². The number of hydrogen-bond donors (Lipinski definition) is 2. The maximum atomic E-state index is 12.0. The van der Waals surface area contributed by atoms with Crippen molar-refractivity contribution in [1.82, 2.24) is 15.5 Å². The van der Waals surface area contributed by atoms with Crippen LogP contribution in [0.4, 0.5) is 5.69 Å². The number of amides is 1. The monoisotopic (exact) mass is 284 g/mol. The Labute approximate surface area is 124 Å². The number of aromatic nitrogens is 2. The lowest BCUT2D eigenvalue weighted by molar-refractivity contribution is 0.0949. The highest BCUT2D eigenvalue weighted by atomic mass is 16.1. The highest BCUT2D eigenvalue weighted by molar-refractivity contribution is 6.04. The molecule has 0 aliphatic rings. The average Bonchev–Trinajstić information content (AvgIpc) is 2.51. The highest BCUT2D eigenvalue weighted by Gasteiger charge is 2.16. The third kappa shape index (κ3) is 3.18. The van der Waals surface area contributed by atoms with Gasteiger partial charge in [0.2, 0.25) is 0 Å². The van der Waals surface area contributed by atoms with Crippen molar-refractivity contribution in [3.8, 4) is 0 Å². The standard InChI is InChI=1S/C16H20N4O/c1-3-5-7-11-8-6-9-12-13(17)15(20-19-14(11)12)16(21)18-10-4-2/h3,6,8-9H,1,4-5,7,10H2,2H3,(H2,17,19)(H,18,21). The second-order valence-corrected chi connectivity index (χ2v) is 4.86. The maximum Gasteiger partial charge on any atom is 0.273 e. The highest BCUT2D eigenvalue weighted by Crippen LogP contribution is 2.24. The molecular formula is C16H20N4O. The van der Waals surface area contributed by atoms with E-state index in [1.54, 1.807) is 0 Å². The van der Waals surface area contributed by atoms with Gasteiger partial charge in [0.05, 0.1) is 11.2 Å². The van der Waals surface area contributed by atoms with Crippen molar-refractivity contribution in [3.63, 3.8) is 0 Å². The van der Waals surface area contributed by atoms with Crippen LogP contribution < -0.4 is 11.1 Å². The van der Waals surface area contributed by atoms with Crippen molar-refractivity contribution in [2.75, 3.05) is 12.3 Å². The summed E-state index contributed by atoms with van der Waals surface area (Å²) >= 11 is 0. The molecule has 2 rings (SSSR count). The molecule has 110 valence electrons. The third-order valence-corrected chi connectivity index (χ3v) is 3.28.